The van der Waals surface area contributed by atoms with E-state index in [-0.39, 0.29) is 0 Å². The zero-order valence-electron chi connectivity index (χ0n) is 35.4. The second-order valence-corrected chi connectivity index (χ2v) is 19.1. The van der Waals surface area contributed by atoms with Crippen molar-refractivity contribution in [3.05, 3.63) is 219 Å². The monoisotopic (exact) mass is 876 g/mol. The van der Waals surface area contributed by atoms with Crippen LogP contribution in [0.4, 0.5) is 17.3 Å². The first-order chi connectivity index (χ1) is 32.7. The van der Waals surface area contributed by atoms with Crippen molar-refractivity contribution in [3.63, 3.8) is 0 Å². The zero-order valence-corrected chi connectivity index (χ0v) is 37.0. The molecule has 0 aliphatic carbocycles. The van der Waals surface area contributed by atoms with Crippen molar-refractivity contribution in [3.8, 4) is 27.9 Å². The van der Waals surface area contributed by atoms with Gasteiger partial charge >= 0.3 is 0 Å². The van der Waals surface area contributed by atoms with E-state index in [1.165, 1.54) is 90.3 Å². The summed E-state index contributed by atoms with van der Waals surface area (Å²) in [6, 6.07) is 77.2. The summed E-state index contributed by atoms with van der Waals surface area (Å²) in [5, 5.41) is 12.2. The molecular formula is C60H36N4S2. The van der Waals surface area contributed by atoms with Crippen molar-refractivity contribution in [1.82, 2.24) is 14.5 Å². The Morgan fingerprint density at radius 2 is 1.06 bits per heavy atom. The van der Waals surface area contributed by atoms with Crippen molar-refractivity contribution < 1.29 is 0 Å². The van der Waals surface area contributed by atoms with E-state index in [9.17, 15) is 0 Å². The molecule has 0 amide bonds. The van der Waals surface area contributed by atoms with Gasteiger partial charge in [0.05, 0.1) is 16.7 Å². The van der Waals surface area contributed by atoms with Gasteiger partial charge in [0.25, 0.3) is 0 Å². The Labute approximate surface area is 387 Å². The Kier molecular flexibility index (Phi) is 8.29. The number of benzene rings is 10. The first kappa shape index (κ1) is 37.2. The summed E-state index contributed by atoms with van der Waals surface area (Å²) in [7, 11) is 0. The number of para-hydroxylation sites is 1. The number of rotatable bonds is 6. The minimum atomic E-state index is 0.647. The molecule has 0 atom stereocenters. The molecule has 0 fully saturated rings. The third-order valence-corrected chi connectivity index (χ3v) is 15.5. The van der Waals surface area contributed by atoms with Crippen LogP contribution in [0.5, 0.6) is 0 Å². The van der Waals surface area contributed by atoms with Crippen molar-refractivity contribution in [2.24, 2.45) is 0 Å². The molecule has 0 spiro atoms. The van der Waals surface area contributed by atoms with Crippen LogP contribution in [0.1, 0.15) is 0 Å². The molecule has 14 rings (SSSR count). The van der Waals surface area contributed by atoms with Crippen molar-refractivity contribution in [2.75, 3.05) is 4.90 Å². The topological polar surface area (TPSA) is 34.0 Å². The van der Waals surface area contributed by atoms with Crippen molar-refractivity contribution in [1.29, 1.82) is 0 Å². The Morgan fingerprint density at radius 3 is 1.94 bits per heavy atom. The standard InChI is InChI=1S/C60H36N4S2/c1-2-11-37(12-3-1)38-23-28-43(29-24-38)64(60-61-36-51-48-16-7-9-19-55(48)66-59(51)62-60)53-18-10-20-56-58(53)49-32-27-42(34-57(49)65-56)41-26-31-47-46-15-6-8-17-52(46)63(54(47)33-41)44-30-25-40-22-21-39-13-4-5-14-45(39)50(40)35-44/h1-36H. The molecule has 66 heavy (non-hydrogen) atoms. The predicted octanol–water partition coefficient (Wildman–Crippen LogP) is 17.4. The zero-order chi connectivity index (χ0) is 43.3. The van der Waals surface area contributed by atoms with Crippen LogP contribution >= 0.6 is 22.7 Å². The quantitative estimate of drug-likeness (QED) is 0.156. The van der Waals surface area contributed by atoms with Crippen LogP contribution in [0.2, 0.25) is 0 Å². The Balaban J connectivity index is 0.919. The van der Waals surface area contributed by atoms with Gasteiger partial charge in [-0.15, -0.1) is 22.7 Å². The first-order valence-corrected chi connectivity index (χ1v) is 23.8. The van der Waals surface area contributed by atoms with Crippen LogP contribution in [-0.2, 0) is 0 Å². The summed E-state index contributed by atoms with van der Waals surface area (Å²) in [4.78, 5) is 13.6. The molecule has 0 aliphatic rings. The molecule has 308 valence electrons. The van der Waals surface area contributed by atoms with Gasteiger partial charge in [0.15, 0.2) is 0 Å². The van der Waals surface area contributed by atoms with E-state index in [1.807, 2.05) is 17.5 Å². The summed E-state index contributed by atoms with van der Waals surface area (Å²) in [6.45, 7) is 0. The summed E-state index contributed by atoms with van der Waals surface area (Å²) >= 11 is 3.55. The smallest absolute Gasteiger partial charge is 0.235 e. The molecule has 0 aliphatic heterocycles. The fourth-order valence-electron chi connectivity index (χ4n) is 10.1. The average Bonchev–Trinajstić information content (AvgIpc) is 4.06. The Hall–Kier alpha value is -8.16. The highest BCUT2D eigenvalue weighted by molar-refractivity contribution is 7.26. The van der Waals surface area contributed by atoms with Crippen LogP contribution in [0.25, 0.3) is 112 Å². The maximum Gasteiger partial charge on any atom is 0.235 e. The number of anilines is 3. The van der Waals surface area contributed by atoms with E-state index >= 15 is 0 Å². The molecule has 4 heterocycles. The number of aromatic nitrogens is 3. The summed E-state index contributed by atoms with van der Waals surface area (Å²) in [5.41, 5.74) is 10.3. The molecule has 0 saturated heterocycles. The fourth-order valence-corrected chi connectivity index (χ4v) is 12.3. The van der Waals surface area contributed by atoms with Crippen LogP contribution in [0, 0.1) is 0 Å². The largest absolute Gasteiger partial charge is 0.309 e. The van der Waals surface area contributed by atoms with E-state index in [0.29, 0.717) is 5.95 Å². The van der Waals surface area contributed by atoms with Crippen LogP contribution in [0.3, 0.4) is 0 Å². The maximum absolute atomic E-state index is 5.30. The lowest BCUT2D eigenvalue weighted by atomic mass is 10.0. The average molecular weight is 877 g/mol. The molecule has 14 aromatic rings. The van der Waals surface area contributed by atoms with E-state index < -0.39 is 0 Å². The first-order valence-electron chi connectivity index (χ1n) is 22.2. The molecule has 4 nitrogen and oxygen atoms in total. The van der Waals surface area contributed by atoms with Gasteiger partial charge in [-0.25, -0.2) is 9.97 Å². The van der Waals surface area contributed by atoms with Gasteiger partial charge in [-0.2, -0.15) is 0 Å². The van der Waals surface area contributed by atoms with Gasteiger partial charge in [0.2, 0.25) is 5.95 Å². The highest BCUT2D eigenvalue weighted by Gasteiger charge is 2.23. The summed E-state index contributed by atoms with van der Waals surface area (Å²) in [5.74, 6) is 0.647. The molecule has 0 N–H and O–H groups in total. The second-order valence-electron chi connectivity index (χ2n) is 17.0. The third kappa shape index (κ3) is 5.82. The number of hydrogen-bond donors (Lipinski definition) is 0. The highest BCUT2D eigenvalue weighted by Crippen LogP contribution is 2.46. The molecular weight excluding hydrogens is 841 g/mol. The molecule has 0 bridgehead atoms. The van der Waals surface area contributed by atoms with Gasteiger partial charge in [0, 0.05) is 64.0 Å². The minimum Gasteiger partial charge on any atom is -0.309 e. The van der Waals surface area contributed by atoms with Gasteiger partial charge in [-0.1, -0.05) is 152 Å². The van der Waals surface area contributed by atoms with Crippen molar-refractivity contribution in [2.45, 2.75) is 0 Å². The van der Waals surface area contributed by atoms with Gasteiger partial charge in [-0.3, -0.25) is 4.90 Å². The van der Waals surface area contributed by atoms with E-state index in [2.05, 4.69) is 222 Å². The Bertz CT molecular complexity index is 4240. The minimum absolute atomic E-state index is 0.647. The lowest BCUT2D eigenvalue weighted by Gasteiger charge is -2.24. The lowest BCUT2D eigenvalue weighted by Crippen LogP contribution is -2.13. The molecule has 0 saturated carbocycles. The highest BCUT2D eigenvalue weighted by atomic mass is 32.1. The van der Waals surface area contributed by atoms with E-state index in [4.69, 9.17) is 9.97 Å². The Morgan fingerprint density at radius 1 is 0.394 bits per heavy atom. The lowest BCUT2D eigenvalue weighted by molar-refractivity contribution is 1.12. The normalized spacial score (nSPS) is 11.9. The van der Waals surface area contributed by atoms with Gasteiger partial charge < -0.3 is 4.57 Å². The number of fused-ring (bicyclic) bond motifs is 12. The molecule has 0 radical (unpaired) electrons. The fraction of sp³-hybridized carbons (Fsp3) is 0. The second kappa shape index (κ2) is 14.7. The maximum atomic E-state index is 5.30. The van der Waals surface area contributed by atoms with E-state index in [1.54, 1.807) is 11.3 Å². The molecule has 4 aromatic heterocycles. The molecule has 10 aromatic carbocycles. The van der Waals surface area contributed by atoms with E-state index in [0.717, 1.165) is 32.8 Å². The van der Waals surface area contributed by atoms with Crippen LogP contribution in [0.15, 0.2) is 219 Å². The van der Waals surface area contributed by atoms with Crippen molar-refractivity contribution >= 4 is 124 Å². The summed E-state index contributed by atoms with van der Waals surface area (Å²) in [6.07, 6.45) is 2.00. The number of thiophene rings is 2. The van der Waals surface area contributed by atoms with Crippen LogP contribution < -0.4 is 4.90 Å². The molecule has 0 unspecified atom stereocenters. The third-order valence-electron chi connectivity index (χ3n) is 13.3. The number of nitrogens with zero attached hydrogens (tertiary/aromatic N) is 4. The van der Waals surface area contributed by atoms with Crippen LogP contribution in [-0.4, -0.2) is 14.5 Å². The SMILES string of the molecule is c1ccc(-c2ccc(N(c3ncc4c(n3)sc3ccccc34)c3cccc4sc5cc(-c6ccc7c8ccccc8n(-c8ccc9ccc%10ccccc%10c9c8)c7c6)ccc5c34)cc2)cc1. The van der Waals surface area contributed by atoms with Gasteiger partial charge in [-0.05, 0) is 104 Å². The summed E-state index contributed by atoms with van der Waals surface area (Å²) < 4.78 is 6.10. The van der Waals surface area contributed by atoms with Gasteiger partial charge in [0.1, 0.15) is 4.83 Å². The predicted molar refractivity (Wildman–Crippen MR) is 283 cm³/mol. The number of hydrogen-bond acceptors (Lipinski definition) is 5. The molecule has 6 heteroatoms.